The van der Waals surface area contributed by atoms with Gasteiger partial charge in [-0.05, 0) is 53.4 Å². The fourth-order valence-corrected chi connectivity index (χ4v) is 4.49. The lowest BCUT2D eigenvalue weighted by atomic mass is 9.87. The summed E-state index contributed by atoms with van der Waals surface area (Å²) in [4.78, 5) is 0.364. The first-order valence-corrected chi connectivity index (χ1v) is 9.24. The predicted molar refractivity (Wildman–Crippen MR) is 88.4 cm³/mol. The van der Waals surface area contributed by atoms with Gasteiger partial charge in [0.1, 0.15) is 0 Å². The van der Waals surface area contributed by atoms with Crippen LogP contribution in [0.2, 0.25) is 0 Å². The fourth-order valence-electron chi connectivity index (χ4n) is 2.10. The van der Waals surface area contributed by atoms with Crippen LogP contribution in [0.25, 0.3) is 0 Å². The maximum atomic E-state index is 12.5. The Morgan fingerprint density at radius 3 is 2.52 bits per heavy atom. The lowest BCUT2D eigenvalue weighted by Crippen LogP contribution is -2.36. The smallest absolute Gasteiger partial charge is 0.210 e. The van der Waals surface area contributed by atoms with E-state index in [-0.39, 0.29) is 5.41 Å². The van der Waals surface area contributed by atoms with Gasteiger partial charge in [0, 0.05) is 12.0 Å². The Hall–Kier alpha value is -1.17. The number of sulfonamides is 1. The zero-order valence-electron chi connectivity index (χ0n) is 12.8. The molecule has 0 aliphatic rings. The second-order valence-electron chi connectivity index (χ2n) is 5.99. The van der Waals surface area contributed by atoms with Crippen molar-refractivity contribution in [3.05, 3.63) is 51.7 Å². The van der Waals surface area contributed by atoms with E-state index in [2.05, 4.69) is 10.1 Å². The van der Waals surface area contributed by atoms with Gasteiger partial charge in [-0.25, -0.2) is 13.1 Å². The minimum absolute atomic E-state index is 0.231. The van der Waals surface area contributed by atoms with E-state index in [1.807, 2.05) is 51.3 Å². The van der Waals surface area contributed by atoms with Gasteiger partial charge >= 0.3 is 0 Å². The van der Waals surface area contributed by atoms with Gasteiger partial charge in [0.05, 0.1) is 4.90 Å². The van der Waals surface area contributed by atoms with Crippen LogP contribution in [-0.2, 0) is 15.4 Å². The third-order valence-corrected chi connectivity index (χ3v) is 5.87. The van der Waals surface area contributed by atoms with Gasteiger partial charge < -0.3 is 0 Å². The van der Waals surface area contributed by atoms with Crippen molar-refractivity contribution in [1.82, 2.24) is 4.72 Å². The van der Waals surface area contributed by atoms with Gasteiger partial charge in [0.15, 0.2) is 0 Å². The molecule has 0 unspecified atom stereocenters. The number of benzene rings is 1. The van der Waals surface area contributed by atoms with Crippen LogP contribution in [0.4, 0.5) is 0 Å². The summed E-state index contributed by atoms with van der Waals surface area (Å²) < 4.78 is 27.8. The van der Waals surface area contributed by atoms with E-state index < -0.39 is 10.0 Å². The molecule has 0 saturated carbocycles. The van der Waals surface area contributed by atoms with E-state index in [1.54, 1.807) is 17.4 Å². The highest BCUT2D eigenvalue weighted by atomic mass is 32.2. The van der Waals surface area contributed by atoms with Crippen LogP contribution in [0.15, 0.2) is 39.9 Å². The Balaban J connectivity index is 2.21. The average molecular weight is 323 g/mol. The van der Waals surface area contributed by atoms with Gasteiger partial charge in [-0.1, -0.05) is 26.0 Å². The Morgan fingerprint density at radius 1 is 1.19 bits per heavy atom. The van der Waals surface area contributed by atoms with Crippen molar-refractivity contribution < 1.29 is 8.42 Å². The summed E-state index contributed by atoms with van der Waals surface area (Å²) in [5.41, 5.74) is 2.63. The molecule has 0 atom stereocenters. The Kier molecular flexibility index (Phi) is 4.56. The highest BCUT2D eigenvalue weighted by molar-refractivity contribution is 7.89. The van der Waals surface area contributed by atoms with Crippen LogP contribution < -0.4 is 4.72 Å². The van der Waals surface area contributed by atoms with Crippen molar-refractivity contribution in [2.45, 2.75) is 38.0 Å². The molecule has 0 aliphatic heterocycles. The molecule has 1 N–H and O–H groups in total. The summed E-state index contributed by atoms with van der Waals surface area (Å²) in [5, 5.41) is 4.07. The first-order chi connectivity index (χ1) is 9.72. The van der Waals surface area contributed by atoms with Gasteiger partial charge in [0.25, 0.3) is 0 Å². The van der Waals surface area contributed by atoms with Crippen molar-refractivity contribution in [3.63, 3.8) is 0 Å². The average Bonchev–Trinajstić information content (AvgIpc) is 2.94. The lowest BCUT2D eigenvalue weighted by molar-refractivity contribution is 0.502. The largest absolute Gasteiger partial charge is 0.240 e. The van der Waals surface area contributed by atoms with Gasteiger partial charge in [0.2, 0.25) is 10.0 Å². The zero-order chi connectivity index (χ0) is 15.7. The highest BCUT2D eigenvalue weighted by Crippen LogP contribution is 2.25. The van der Waals surface area contributed by atoms with Crippen molar-refractivity contribution in [3.8, 4) is 0 Å². The predicted octanol–water partition coefficient (Wildman–Crippen LogP) is 3.62. The highest BCUT2D eigenvalue weighted by Gasteiger charge is 2.25. The van der Waals surface area contributed by atoms with E-state index >= 15 is 0 Å². The van der Waals surface area contributed by atoms with Crippen molar-refractivity contribution >= 4 is 21.4 Å². The molecule has 114 valence electrons. The second-order valence-corrected chi connectivity index (χ2v) is 8.50. The summed E-state index contributed by atoms with van der Waals surface area (Å²) >= 11 is 1.62. The molecule has 0 saturated heterocycles. The van der Waals surface area contributed by atoms with Crippen LogP contribution in [0, 0.1) is 13.8 Å². The Bertz CT molecular complexity index is 717. The van der Waals surface area contributed by atoms with E-state index in [1.165, 1.54) is 0 Å². The minimum Gasteiger partial charge on any atom is -0.210 e. The van der Waals surface area contributed by atoms with Crippen LogP contribution in [0.1, 0.15) is 30.5 Å². The summed E-state index contributed by atoms with van der Waals surface area (Å²) in [6.07, 6.45) is 0. The summed E-state index contributed by atoms with van der Waals surface area (Å²) in [5.74, 6) is 0. The Morgan fingerprint density at radius 2 is 1.90 bits per heavy atom. The van der Waals surface area contributed by atoms with Crippen molar-refractivity contribution in [2.24, 2.45) is 0 Å². The SMILES string of the molecule is Cc1ccc(C)c(S(=O)(=O)NCC(C)(C)c2ccsc2)c1. The summed E-state index contributed by atoms with van der Waals surface area (Å²) in [7, 11) is -3.48. The molecule has 5 heteroatoms. The maximum absolute atomic E-state index is 12.5. The molecule has 0 fully saturated rings. The standard InChI is InChI=1S/C16H21NO2S2/c1-12-5-6-13(2)15(9-12)21(18,19)17-11-16(3,4)14-7-8-20-10-14/h5-10,17H,11H2,1-4H3. The number of thiophene rings is 1. The number of aryl methyl sites for hydroxylation is 2. The van der Waals surface area contributed by atoms with E-state index in [9.17, 15) is 8.42 Å². The van der Waals surface area contributed by atoms with Crippen molar-refractivity contribution in [2.75, 3.05) is 6.54 Å². The number of hydrogen-bond donors (Lipinski definition) is 1. The number of rotatable bonds is 5. The van der Waals surface area contributed by atoms with Gasteiger partial charge in [-0.15, -0.1) is 0 Å². The van der Waals surface area contributed by atoms with Crippen LogP contribution in [0.3, 0.4) is 0 Å². The van der Waals surface area contributed by atoms with E-state index in [4.69, 9.17) is 0 Å². The lowest BCUT2D eigenvalue weighted by Gasteiger charge is -2.24. The first kappa shape index (κ1) is 16.2. The number of nitrogens with one attached hydrogen (secondary N) is 1. The third kappa shape index (κ3) is 3.73. The molecule has 2 aromatic rings. The van der Waals surface area contributed by atoms with Gasteiger partial charge in [-0.3, -0.25) is 0 Å². The maximum Gasteiger partial charge on any atom is 0.240 e. The molecule has 2 rings (SSSR count). The second kappa shape index (κ2) is 5.91. The molecule has 1 aromatic heterocycles. The molecule has 0 radical (unpaired) electrons. The number of hydrogen-bond acceptors (Lipinski definition) is 3. The summed E-state index contributed by atoms with van der Waals surface area (Å²) in [6, 6.07) is 7.52. The molecule has 1 heterocycles. The molecule has 0 bridgehead atoms. The van der Waals surface area contributed by atoms with Gasteiger partial charge in [-0.2, -0.15) is 11.3 Å². The molecule has 0 aliphatic carbocycles. The molecule has 0 spiro atoms. The quantitative estimate of drug-likeness (QED) is 0.913. The molecule has 1 aromatic carbocycles. The Labute approximate surface area is 131 Å². The monoisotopic (exact) mass is 323 g/mol. The van der Waals surface area contributed by atoms with E-state index in [0.29, 0.717) is 11.4 Å². The molecule has 0 amide bonds. The first-order valence-electron chi connectivity index (χ1n) is 6.82. The zero-order valence-corrected chi connectivity index (χ0v) is 14.4. The summed E-state index contributed by atoms with van der Waals surface area (Å²) in [6.45, 7) is 8.17. The van der Waals surface area contributed by atoms with E-state index in [0.717, 1.165) is 16.7 Å². The van der Waals surface area contributed by atoms with Crippen molar-refractivity contribution in [1.29, 1.82) is 0 Å². The minimum atomic E-state index is -3.48. The molecule has 3 nitrogen and oxygen atoms in total. The fraction of sp³-hybridized carbons (Fsp3) is 0.375. The molecular weight excluding hydrogens is 302 g/mol. The van der Waals surface area contributed by atoms with Crippen LogP contribution in [-0.4, -0.2) is 15.0 Å². The van der Waals surface area contributed by atoms with Crippen LogP contribution >= 0.6 is 11.3 Å². The molecule has 21 heavy (non-hydrogen) atoms. The third-order valence-electron chi connectivity index (χ3n) is 3.64. The normalized spacial score (nSPS) is 12.6. The van der Waals surface area contributed by atoms with Crippen LogP contribution in [0.5, 0.6) is 0 Å². The molecular formula is C16H21NO2S2. The topological polar surface area (TPSA) is 46.2 Å².